The molecule has 1 aliphatic heterocycles. The third-order valence-electron chi connectivity index (χ3n) is 4.32. The van der Waals surface area contributed by atoms with E-state index in [2.05, 4.69) is 4.72 Å². The number of sulfonamides is 1. The normalized spacial score (nSPS) is 13.0. The van der Waals surface area contributed by atoms with Crippen LogP contribution < -0.4 is 14.2 Å². The van der Waals surface area contributed by atoms with Gasteiger partial charge in [0, 0.05) is 18.1 Å². The van der Waals surface area contributed by atoms with Crippen LogP contribution in [0, 0.1) is 0 Å². The molecule has 1 amide bonds. The van der Waals surface area contributed by atoms with Gasteiger partial charge in [-0.2, -0.15) is 0 Å². The highest BCUT2D eigenvalue weighted by molar-refractivity contribution is 7.92. The zero-order chi connectivity index (χ0) is 20.3. The van der Waals surface area contributed by atoms with E-state index in [-0.39, 0.29) is 11.0 Å². The standard InChI is InChI=1S/C21H17NO5S2/c23-19(22-29(24,25)20-9-4-12-28-20)11-10-15-5-1-2-6-16(15)13-17-7-3-8-18-21(17)27-14-26-18/h1-12H,13-14H2,(H,22,23)/b11-10+. The Morgan fingerprint density at radius 2 is 1.86 bits per heavy atom. The number of fused-ring (bicyclic) bond motifs is 1. The predicted octanol–water partition coefficient (Wildman–Crippen LogP) is 3.59. The van der Waals surface area contributed by atoms with Gasteiger partial charge < -0.3 is 9.47 Å². The van der Waals surface area contributed by atoms with Gasteiger partial charge in [0.15, 0.2) is 11.5 Å². The highest BCUT2D eigenvalue weighted by atomic mass is 32.2. The van der Waals surface area contributed by atoms with E-state index in [1.54, 1.807) is 17.5 Å². The molecule has 0 aliphatic carbocycles. The van der Waals surface area contributed by atoms with Crippen molar-refractivity contribution < 1.29 is 22.7 Å². The molecule has 0 radical (unpaired) electrons. The number of nitrogens with one attached hydrogen (secondary N) is 1. The van der Waals surface area contributed by atoms with Crippen molar-refractivity contribution in [3.8, 4) is 11.5 Å². The minimum absolute atomic E-state index is 0.0970. The van der Waals surface area contributed by atoms with E-state index in [1.165, 1.54) is 12.1 Å². The van der Waals surface area contributed by atoms with Gasteiger partial charge in [-0.05, 0) is 34.7 Å². The van der Waals surface area contributed by atoms with E-state index < -0.39 is 15.9 Å². The molecule has 3 aromatic rings. The molecule has 1 aromatic heterocycles. The monoisotopic (exact) mass is 427 g/mol. The zero-order valence-electron chi connectivity index (χ0n) is 15.2. The number of carbonyl (C=O) groups is 1. The van der Waals surface area contributed by atoms with E-state index >= 15 is 0 Å². The van der Waals surface area contributed by atoms with Crippen LogP contribution in [0.5, 0.6) is 11.5 Å². The minimum atomic E-state index is -3.85. The van der Waals surface area contributed by atoms with Gasteiger partial charge in [0.1, 0.15) is 4.21 Å². The summed E-state index contributed by atoms with van der Waals surface area (Å²) in [5.41, 5.74) is 2.76. The van der Waals surface area contributed by atoms with Gasteiger partial charge in [-0.3, -0.25) is 4.79 Å². The number of ether oxygens (including phenoxy) is 2. The topological polar surface area (TPSA) is 81.7 Å². The fraction of sp³-hybridized carbons (Fsp3) is 0.0952. The molecule has 0 bridgehead atoms. The van der Waals surface area contributed by atoms with Crippen molar-refractivity contribution in [3.05, 3.63) is 82.7 Å². The molecule has 0 atom stereocenters. The van der Waals surface area contributed by atoms with Gasteiger partial charge in [-0.25, -0.2) is 13.1 Å². The average molecular weight is 428 g/mol. The Hall–Kier alpha value is -3.10. The maximum absolute atomic E-state index is 12.2. The van der Waals surface area contributed by atoms with Crippen LogP contribution in [0.25, 0.3) is 6.08 Å². The molecule has 1 N–H and O–H groups in total. The summed E-state index contributed by atoms with van der Waals surface area (Å²) in [5, 5.41) is 1.64. The molecule has 2 aromatic carbocycles. The Balaban J connectivity index is 1.52. The maximum Gasteiger partial charge on any atom is 0.273 e. The predicted molar refractivity (Wildman–Crippen MR) is 110 cm³/mol. The molecule has 8 heteroatoms. The first-order chi connectivity index (χ1) is 14.0. The maximum atomic E-state index is 12.2. The van der Waals surface area contributed by atoms with Crippen molar-refractivity contribution in [3.63, 3.8) is 0 Å². The molecular weight excluding hydrogens is 410 g/mol. The number of benzene rings is 2. The first kappa shape index (κ1) is 19.2. The molecule has 29 heavy (non-hydrogen) atoms. The SMILES string of the molecule is O=C(/C=C/c1ccccc1Cc1cccc2c1OCO2)NS(=O)(=O)c1cccs1. The number of hydrogen-bond donors (Lipinski definition) is 1. The highest BCUT2D eigenvalue weighted by Crippen LogP contribution is 2.36. The fourth-order valence-corrected chi connectivity index (χ4v) is 4.93. The number of thiophene rings is 1. The number of para-hydroxylation sites is 1. The largest absolute Gasteiger partial charge is 0.454 e. The zero-order valence-corrected chi connectivity index (χ0v) is 16.8. The van der Waals surface area contributed by atoms with Crippen LogP contribution in [0.1, 0.15) is 16.7 Å². The molecule has 0 saturated heterocycles. The Bertz CT molecular complexity index is 1170. The van der Waals surface area contributed by atoms with Crippen LogP contribution in [0.3, 0.4) is 0 Å². The van der Waals surface area contributed by atoms with E-state index in [1.807, 2.05) is 42.5 Å². The highest BCUT2D eigenvalue weighted by Gasteiger charge is 2.18. The lowest BCUT2D eigenvalue weighted by atomic mass is 9.98. The molecule has 4 rings (SSSR count). The summed E-state index contributed by atoms with van der Waals surface area (Å²) in [5.74, 6) is 0.741. The number of hydrogen-bond acceptors (Lipinski definition) is 6. The molecule has 2 heterocycles. The second-order valence-corrected chi connectivity index (χ2v) is 9.12. The second-order valence-electron chi connectivity index (χ2n) is 6.26. The van der Waals surface area contributed by atoms with Gasteiger partial charge in [0.05, 0.1) is 0 Å². The quantitative estimate of drug-likeness (QED) is 0.608. The summed E-state index contributed by atoms with van der Waals surface area (Å²) in [4.78, 5) is 12.1. The first-order valence-corrected chi connectivity index (χ1v) is 11.1. The van der Waals surface area contributed by atoms with E-state index in [0.717, 1.165) is 33.8 Å². The molecular formula is C21H17NO5S2. The summed E-state index contributed by atoms with van der Waals surface area (Å²) in [6, 6.07) is 16.4. The molecule has 1 aliphatic rings. The van der Waals surface area contributed by atoms with Crippen LogP contribution in [-0.4, -0.2) is 21.1 Å². The van der Waals surface area contributed by atoms with Gasteiger partial charge in [0.25, 0.3) is 15.9 Å². The lowest BCUT2D eigenvalue weighted by molar-refractivity contribution is -0.114. The lowest BCUT2D eigenvalue weighted by Gasteiger charge is -2.09. The summed E-state index contributed by atoms with van der Waals surface area (Å²) in [6.07, 6.45) is 3.41. The van der Waals surface area contributed by atoms with Crippen LogP contribution >= 0.6 is 11.3 Å². The minimum Gasteiger partial charge on any atom is -0.454 e. The van der Waals surface area contributed by atoms with Crippen molar-refractivity contribution in [2.75, 3.05) is 6.79 Å². The van der Waals surface area contributed by atoms with Crippen molar-refractivity contribution in [2.45, 2.75) is 10.6 Å². The van der Waals surface area contributed by atoms with Gasteiger partial charge in [0.2, 0.25) is 6.79 Å². The molecule has 0 saturated carbocycles. The Morgan fingerprint density at radius 1 is 1.03 bits per heavy atom. The summed E-state index contributed by atoms with van der Waals surface area (Å²) in [7, 11) is -3.85. The first-order valence-electron chi connectivity index (χ1n) is 8.77. The Morgan fingerprint density at radius 3 is 2.69 bits per heavy atom. The summed E-state index contributed by atoms with van der Waals surface area (Å²) in [6.45, 7) is 0.201. The van der Waals surface area contributed by atoms with Gasteiger partial charge in [-0.1, -0.05) is 42.5 Å². The van der Waals surface area contributed by atoms with Crippen molar-refractivity contribution in [1.82, 2.24) is 4.72 Å². The van der Waals surface area contributed by atoms with E-state index in [4.69, 9.17) is 9.47 Å². The van der Waals surface area contributed by atoms with E-state index in [0.29, 0.717) is 12.2 Å². The van der Waals surface area contributed by atoms with Crippen LogP contribution in [-0.2, 0) is 21.2 Å². The van der Waals surface area contributed by atoms with Crippen LogP contribution in [0.2, 0.25) is 0 Å². The van der Waals surface area contributed by atoms with Crippen LogP contribution in [0.4, 0.5) is 0 Å². The molecule has 0 fully saturated rings. The van der Waals surface area contributed by atoms with Crippen molar-refractivity contribution in [1.29, 1.82) is 0 Å². The fourth-order valence-electron chi connectivity index (χ4n) is 2.99. The summed E-state index contributed by atoms with van der Waals surface area (Å²) < 4.78 is 37.4. The third kappa shape index (κ3) is 4.33. The Labute approximate surface area is 172 Å². The lowest BCUT2D eigenvalue weighted by Crippen LogP contribution is -2.28. The molecule has 6 nitrogen and oxygen atoms in total. The smallest absolute Gasteiger partial charge is 0.273 e. The summed E-state index contributed by atoms with van der Waals surface area (Å²) >= 11 is 1.05. The third-order valence-corrected chi connectivity index (χ3v) is 7.07. The van der Waals surface area contributed by atoms with Crippen LogP contribution in [0.15, 0.2) is 70.3 Å². The number of carbonyl (C=O) groups excluding carboxylic acids is 1. The molecule has 148 valence electrons. The molecule has 0 unspecified atom stereocenters. The molecule has 0 spiro atoms. The average Bonchev–Trinajstić information content (AvgIpc) is 3.39. The van der Waals surface area contributed by atoms with Gasteiger partial charge in [-0.15, -0.1) is 11.3 Å². The number of rotatable bonds is 6. The van der Waals surface area contributed by atoms with E-state index in [9.17, 15) is 13.2 Å². The van der Waals surface area contributed by atoms with Gasteiger partial charge >= 0.3 is 0 Å². The number of amides is 1. The van der Waals surface area contributed by atoms with Crippen molar-refractivity contribution >= 4 is 33.3 Å². The Kier molecular flexibility index (Phi) is 5.37. The van der Waals surface area contributed by atoms with Crippen molar-refractivity contribution in [2.24, 2.45) is 0 Å². The second kappa shape index (κ2) is 8.10.